The molecule has 2 aliphatic rings. The van der Waals surface area contributed by atoms with E-state index in [0.717, 1.165) is 16.9 Å². The van der Waals surface area contributed by atoms with Crippen LogP contribution >= 0.6 is 0 Å². The van der Waals surface area contributed by atoms with Gasteiger partial charge in [-0.15, -0.1) is 4.40 Å². The minimum absolute atomic E-state index is 0.0530. The predicted molar refractivity (Wildman–Crippen MR) is 82.7 cm³/mol. The summed E-state index contributed by atoms with van der Waals surface area (Å²) in [6.45, 7) is 2.98. The third-order valence-electron chi connectivity index (χ3n) is 3.33. The smallest absolute Gasteiger partial charge is 0.256 e. The first kappa shape index (κ1) is 13.9. The average Bonchev–Trinajstić information content (AvgIpc) is 2.47. The Balaban J connectivity index is 1.98. The van der Waals surface area contributed by atoms with Gasteiger partial charge in [-0.05, 0) is 36.8 Å². The van der Waals surface area contributed by atoms with Crippen LogP contribution in [0.2, 0.25) is 0 Å². The van der Waals surface area contributed by atoms with Crippen molar-refractivity contribution in [3.05, 3.63) is 48.2 Å². The standard InChI is InChI=1S/C15H16N2O3S/c1-2-20-13-7-5-12(6-8-13)14-4-3-9-17-10-11-21(18,19)16-15(14)17/h3-9H,2,10-11H2,1H3. The molecule has 2 heterocycles. The zero-order valence-electron chi connectivity index (χ0n) is 11.7. The van der Waals surface area contributed by atoms with Crippen molar-refractivity contribution in [3.8, 4) is 5.75 Å². The normalized spacial score (nSPS) is 19.6. The molecule has 0 spiro atoms. The highest BCUT2D eigenvalue weighted by Gasteiger charge is 2.27. The van der Waals surface area contributed by atoms with Gasteiger partial charge in [0, 0.05) is 18.3 Å². The summed E-state index contributed by atoms with van der Waals surface area (Å²) in [4.78, 5) is 1.87. The molecule has 0 fully saturated rings. The molecule has 0 saturated heterocycles. The van der Waals surface area contributed by atoms with Gasteiger partial charge in [-0.3, -0.25) is 0 Å². The van der Waals surface area contributed by atoms with Crippen LogP contribution in [0.25, 0.3) is 5.57 Å². The highest BCUT2D eigenvalue weighted by molar-refractivity contribution is 7.90. The zero-order chi connectivity index (χ0) is 14.9. The molecule has 21 heavy (non-hydrogen) atoms. The molecular weight excluding hydrogens is 288 g/mol. The Labute approximate surface area is 124 Å². The van der Waals surface area contributed by atoms with Gasteiger partial charge >= 0.3 is 0 Å². The Kier molecular flexibility index (Phi) is 3.55. The van der Waals surface area contributed by atoms with E-state index in [0.29, 0.717) is 19.0 Å². The van der Waals surface area contributed by atoms with Gasteiger partial charge in [0.1, 0.15) is 5.75 Å². The third-order valence-corrected chi connectivity index (χ3v) is 4.48. The molecule has 0 amide bonds. The summed E-state index contributed by atoms with van der Waals surface area (Å²) >= 11 is 0. The van der Waals surface area contributed by atoms with Crippen molar-refractivity contribution in [1.29, 1.82) is 0 Å². The first-order chi connectivity index (χ1) is 10.1. The van der Waals surface area contributed by atoms with E-state index < -0.39 is 10.0 Å². The van der Waals surface area contributed by atoms with E-state index in [-0.39, 0.29) is 5.75 Å². The summed E-state index contributed by atoms with van der Waals surface area (Å²) in [6.07, 6.45) is 5.64. The fourth-order valence-electron chi connectivity index (χ4n) is 2.34. The Morgan fingerprint density at radius 3 is 2.76 bits per heavy atom. The highest BCUT2D eigenvalue weighted by Crippen LogP contribution is 2.26. The lowest BCUT2D eigenvalue weighted by Gasteiger charge is -2.29. The maximum absolute atomic E-state index is 11.7. The molecule has 5 nitrogen and oxygen atoms in total. The Hall–Kier alpha value is -2.08. The number of fused-ring (bicyclic) bond motifs is 1. The van der Waals surface area contributed by atoms with Crippen molar-refractivity contribution in [1.82, 2.24) is 4.90 Å². The lowest BCUT2D eigenvalue weighted by Crippen LogP contribution is -2.37. The second-order valence-electron chi connectivity index (χ2n) is 4.77. The van der Waals surface area contributed by atoms with Crippen molar-refractivity contribution >= 4 is 21.4 Å². The minimum Gasteiger partial charge on any atom is -0.494 e. The van der Waals surface area contributed by atoms with Gasteiger partial charge in [0.2, 0.25) is 0 Å². The summed E-state index contributed by atoms with van der Waals surface area (Å²) in [5.74, 6) is 1.34. The first-order valence-electron chi connectivity index (χ1n) is 6.80. The van der Waals surface area contributed by atoms with Crippen LogP contribution in [0.4, 0.5) is 0 Å². The number of benzene rings is 1. The molecule has 0 aromatic heterocycles. The summed E-state index contributed by atoms with van der Waals surface area (Å²) < 4.78 is 32.8. The van der Waals surface area contributed by atoms with Crippen LogP contribution in [0.1, 0.15) is 12.5 Å². The molecular formula is C15H16N2O3S. The van der Waals surface area contributed by atoms with Gasteiger partial charge in [-0.1, -0.05) is 12.1 Å². The maximum atomic E-state index is 11.7. The molecule has 0 atom stereocenters. The number of sulfonamides is 1. The van der Waals surface area contributed by atoms with E-state index in [2.05, 4.69) is 4.40 Å². The van der Waals surface area contributed by atoms with Crippen LogP contribution in [0.15, 0.2) is 47.0 Å². The summed E-state index contributed by atoms with van der Waals surface area (Å²) in [7, 11) is -3.36. The van der Waals surface area contributed by atoms with Gasteiger partial charge in [0.25, 0.3) is 10.0 Å². The maximum Gasteiger partial charge on any atom is 0.256 e. The fourth-order valence-corrected chi connectivity index (χ4v) is 3.32. The predicted octanol–water partition coefficient (Wildman–Crippen LogP) is 2.04. The van der Waals surface area contributed by atoms with Gasteiger partial charge < -0.3 is 9.64 Å². The molecule has 0 saturated carbocycles. The lowest BCUT2D eigenvalue weighted by atomic mass is 10.0. The van der Waals surface area contributed by atoms with Crippen LogP contribution in [0.3, 0.4) is 0 Å². The van der Waals surface area contributed by atoms with Crippen LogP contribution in [-0.2, 0) is 10.0 Å². The third kappa shape index (κ3) is 2.85. The Morgan fingerprint density at radius 1 is 1.29 bits per heavy atom. The van der Waals surface area contributed by atoms with Crippen molar-refractivity contribution in [3.63, 3.8) is 0 Å². The zero-order valence-corrected chi connectivity index (χ0v) is 12.5. The number of hydrogen-bond acceptors (Lipinski definition) is 4. The van der Waals surface area contributed by atoms with Crippen molar-refractivity contribution in [2.24, 2.45) is 4.40 Å². The van der Waals surface area contributed by atoms with Crippen molar-refractivity contribution in [2.45, 2.75) is 6.92 Å². The van der Waals surface area contributed by atoms with Crippen LogP contribution in [0, 0.1) is 0 Å². The fraction of sp³-hybridized carbons (Fsp3) is 0.267. The molecule has 0 aliphatic carbocycles. The molecule has 3 rings (SSSR count). The molecule has 110 valence electrons. The Morgan fingerprint density at radius 2 is 2.05 bits per heavy atom. The summed E-state index contributed by atoms with van der Waals surface area (Å²) in [6, 6.07) is 7.58. The van der Waals surface area contributed by atoms with E-state index in [9.17, 15) is 8.42 Å². The number of amidine groups is 1. The highest BCUT2D eigenvalue weighted by atomic mass is 32.2. The number of hydrogen-bond donors (Lipinski definition) is 0. The second-order valence-corrected chi connectivity index (χ2v) is 6.53. The molecule has 0 bridgehead atoms. The monoisotopic (exact) mass is 304 g/mol. The quantitative estimate of drug-likeness (QED) is 0.857. The number of nitrogens with zero attached hydrogens (tertiary/aromatic N) is 2. The van der Waals surface area contributed by atoms with E-state index in [1.54, 1.807) is 0 Å². The number of rotatable bonds is 3. The van der Waals surface area contributed by atoms with Crippen molar-refractivity contribution in [2.75, 3.05) is 18.9 Å². The van der Waals surface area contributed by atoms with Crippen LogP contribution in [0.5, 0.6) is 5.75 Å². The van der Waals surface area contributed by atoms with Gasteiger partial charge in [0.05, 0.1) is 12.4 Å². The largest absolute Gasteiger partial charge is 0.494 e. The molecule has 0 N–H and O–H groups in total. The van der Waals surface area contributed by atoms with Crippen LogP contribution in [-0.4, -0.2) is 38.1 Å². The van der Waals surface area contributed by atoms with Gasteiger partial charge in [-0.25, -0.2) is 8.42 Å². The first-order valence-corrected chi connectivity index (χ1v) is 8.41. The topological polar surface area (TPSA) is 59.0 Å². The summed E-state index contributed by atoms with van der Waals surface area (Å²) in [5, 5.41) is 0. The number of ether oxygens (including phenoxy) is 1. The lowest BCUT2D eigenvalue weighted by molar-refractivity contribution is 0.340. The average molecular weight is 304 g/mol. The van der Waals surface area contributed by atoms with Gasteiger partial charge in [0.15, 0.2) is 5.84 Å². The van der Waals surface area contributed by atoms with E-state index in [1.807, 2.05) is 54.4 Å². The van der Waals surface area contributed by atoms with E-state index in [4.69, 9.17) is 4.74 Å². The van der Waals surface area contributed by atoms with Crippen LogP contribution < -0.4 is 4.74 Å². The number of allylic oxidation sites excluding steroid dienone is 2. The molecule has 0 unspecified atom stereocenters. The van der Waals surface area contributed by atoms with Crippen molar-refractivity contribution < 1.29 is 13.2 Å². The SMILES string of the molecule is CCOc1ccc(C2=CC=CN3CCS(=O)(=O)N=C23)cc1. The molecule has 1 aromatic rings. The molecule has 6 heteroatoms. The molecule has 1 aromatic carbocycles. The summed E-state index contributed by atoms with van der Waals surface area (Å²) in [5.41, 5.74) is 1.73. The second kappa shape index (κ2) is 5.37. The molecule has 2 aliphatic heterocycles. The molecule has 0 radical (unpaired) electrons. The van der Waals surface area contributed by atoms with E-state index >= 15 is 0 Å². The Bertz CT molecular complexity index is 731. The van der Waals surface area contributed by atoms with Gasteiger partial charge in [-0.2, -0.15) is 0 Å². The van der Waals surface area contributed by atoms with E-state index in [1.165, 1.54) is 0 Å². The minimum atomic E-state index is -3.36.